The molecule has 1 amide bonds. The highest BCUT2D eigenvalue weighted by Crippen LogP contribution is 2.20. The molecule has 0 aliphatic heterocycles. The lowest BCUT2D eigenvalue weighted by Gasteiger charge is -2.09. The molecule has 5 heteroatoms. The third-order valence-corrected chi connectivity index (χ3v) is 3.50. The largest absolute Gasteiger partial charge is 0.424 e. The zero-order chi connectivity index (χ0) is 16.9. The SMILES string of the molecule is Cc1ccc(NC(=O)c2ccc(Oc3ncccn3)cc2)c(C)c1. The molecule has 3 rings (SSSR count). The van der Waals surface area contributed by atoms with Crippen molar-refractivity contribution in [2.24, 2.45) is 0 Å². The Labute approximate surface area is 140 Å². The topological polar surface area (TPSA) is 64.1 Å². The molecule has 0 saturated carbocycles. The molecule has 1 aromatic heterocycles. The van der Waals surface area contributed by atoms with Gasteiger partial charge in [0.15, 0.2) is 0 Å². The quantitative estimate of drug-likeness (QED) is 0.785. The number of carbonyl (C=O) groups is 1. The Bertz CT molecular complexity index is 846. The zero-order valence-corrected chi connectivity index (χ0v) is 13.5. The van der Waals surface area contributed by atoms with Gasteiger partial charge in [0, 0.05) is 23.6 Å². The van der Waals surface area contributed by atoms with E-state index in [9.17, 15) is 4.79 Å². The van der Waals surface area contributed by atoms with Crippen LogP contribution in [0.5, 0.6) is 11.8 Å². The summed E-state index contributed by atoms with van der Waals surface area (Å²) in [5.74, 6) is 0.411. The predicted octanol–water partition coefficient (Wildman–Crippen LogP) is 4.14. The van der Waals surface area contributed by atoms with Crippen LogP contribution in [0.4, 0.5) is 5.69 Å². The normalized spacial score (nSPS) is 10.2. The smallest absolute Gasteiger partial charge is 0.321 e. The number of carbonyl (C=O) groups excluding carboxylic acids is 1. The lowest BCUT2D eigenvalue weighted by Crippen LogP contribution is -2.12. The first-order valence-corrected chi connectivity index (χ1v) is 7.55. The number of rotatable bonds is 4. The average molecular weight is 319 g/mol. The monoisotopic (exact) mass is 319 g/mol. The Morgan fingerprint density at radius 2 is 1.71 bits per heavy atom. The van der Waals surface area contributed by atoms with Crippen LogP contribution >= 0.6 is 0 Å². The number of benzene rings is 2. The summed E-state index contributed by atoms with van der Waals surface area (Å²) in [5.41, 5.74) is 3.56. The Morgan fingerprint density at radius 3 is 2.38 bits per heavy atom. The fourth-order valence-electron chi connectivity index (χ4n) is 2.27. The Balaban J connectivity index is 1.69. The number of amides is 1. The number of aryl methyl sites for hydroxylation is 2. The van der Waals surface area contributed by atoms with Crippen molar-refractivity contribution in [2.75, 3.05) is 5.32 Å². The molecule has 120 valence electrons. The van der Waals surface area contributed by atoms with Crippen molar-refractivity contribution in [2.45, 2.75) is 13.8 Å². The summed E-state index contributed by atoms with van der Waals surface area (Å²) >= 11 is 0. The van der Waals surface area contributed by atoms with E-state index in [0.29, 0.717) is 11.3 Å². The van der Waals surface area contributed by atoms with Gasteiger partial charge in [-0.2, -0.15) is 0 Å². The van der Waals surface area contributed by atoms with Crippen molar-refractivity contribution in [3.05, 3.63) is 77.6 Å². The maximum Gasteiger partial charge on any atom is 0.321 e. The van der Waals surface area contributed by atoms with Crippen LogP contribution in [0.2, 0.25) is 0 Å². The van der Waals surface area contributed by atoms with Crippen LogP contribution in [0, 0.1) is 13.8 Å². The van der Waals surface area contributed by atoms with Crippen molar-refractivity contribution in [3.63, 3.8) is 0 Å². The van der Waals surface area contributed by atoms with E-state index in [0.717, 1.165) is 16.8 Å². The van der Waals surface area contributed by atoms with E-state index in [1.807, 2.05) is 32.0 Å². The van der Waals surface area contributed by atoms with Gasteiger partial charge in [-0.3, -0.25) is 4.79 Å². The van der Waals surface area contributed by atoms with Gasteiger partial charge in [0.2, 0.25) is 0 Å². The molecule has 0 aliphatic carbocycles. The van der Waals surface area contributed by atoms with E-state index < -0.39 is 0 Å². The molecule has 0 aliphatic rings. The second-order valence-corrected chi connectivity index (χ2v) is 5.43. The van der Waals surface area contributed by atoms with Crippen LogP contribution in [0.25, 0.3) is 0 Å². The van der Waals surface area contributed by atoms with Gasteiger partial charge in [0.05, 0.1) is 0 Å². The number of nitrogens with one attached hydrogen (secondary N) is 1. The maximum atomic E-state index is 12.3. The van der Waals surface area contributed by atoms with Crippen LogP contribution in [-0.2, 0) is 0 Å². The van der Waals surface area contributed by atoms with Gasteiger partial charge in [0.25, 0.3) is 5.91 Å². The van der Waals surface area contributed by atoms with E-state index in [1.165, 1.54) is 0 Å². The van der Waals surface area contributed by atoms with Crippen LogP contribution in [-0.4, -0.2) is 15.9 Å². The van der Waals surface area contributed by atoms with Crippen molar-refractivity contribution in [1.82, 2.24) is 9.97 Å². The van der Waals surface area contributed by atoms with E-state index in [-0.39, 0.29) is 11.9 Å². The standard InChI is InChI=1S/C19H17N3O2/c1-13-4-9-17(14(2)12-13)22-18(23)15-5-7-16(8-6-15)24-19-20-10-3-11-21-19/h3-12H,1-2H3,(H,22,23). The molecule has 0 atom stereocenters. The van der Waals surface area contributed by atoms with E-state index in [1.54, 1.807) is 42.7 Å². The summed E-state index contributed by atoms with van der Waals surface area (Å²) in [5, 5.41) is 2.92. The Morgan fingerprint density at radius 1 is 1.00 bits per heavy atom. The molecule has 0 fully saturated rings. The number of ether oxygens (including phenoxy) is 1. The number of anilines is 1. The van der Waals surface area contributed by atoms with E-state index in [2.05, 4.69) is 15.3 Å². The molecule has 1 N–H and O–H groups in total. The molecular formula is C19H17N3O2. The molecule has 5 nitrogen and oxygen atoms in total. The Hall–Kier alpha value is -3.21. The first kappa shape index (κ1) is 15.7. The molecule has 3 aromatic rings. The van der Waals surface area contributed by atoms with Crippen molar-refractivity contribution in [1.29, 1.82) is 0 Å². The molecule has 0 bridgehead atoms. The van der Waals surface area contributed by atoms with Gasteiger partial charge in [0.1, 0.15) is 5.75 Å². The number of hydrogen-bond acceptors (Lipinski definition) is 4. The number of aromatic nitrogens is 2. The van der Waals surface area contributed by atoms with Crippen molar-refractivity contribution >= 4 is 11.6 Å². The molecule has 0 saturated heterocycles. The second kappa shape index (κ2) is 6.91. The molecule has 2 aromatic carbocycles. The van der Waals surface area contributed by atoms with Crippen LogP contribution in [0.1, 0.15) is 21.5 Å². The summed E-state index contributed by atoms with van der Waals surface area (Å²) in [7, 11) is 0. The minimum absolute atomic E-state index is 0.163. The molecule has 0 unspecified atom stereocenters. The van der Waals surface area contributed by atoms with Gasteiger partial charge >= 0.3 is 6.01 Å². The highest BCUT2D eigenvalue weighted by Gasteiger charge is 2.08. The van der Waals surface area contributed by atoms with Crippen molar-refractivity contribution < 1.29 is 9.53 Å². The number of nitrogens with zero attached hydrogens (tertiary/aromatic N) is 2. The van der Waals surface area contributed by atoms with Crippen molar-refractivity contribution in [3.8, 4) is 11.8 Å². The summed E-state index contributed by atoms with van der Waals surface area (Å²) in [6.45, 7) is 3.99. The molecule has 0 spiro atoms. The fourth-order valence-corrected chi connectivity index (χ4v) is 2.27. The lowest BCUT2D eigenvalue weighted by molar-refractivity contribution is 0.102. The van der Waals surface area contributed by atoms with Gasteiger partial charge in [-0.05, 0) is 55.8 Å². The first-order valence-electron chi connectivity index (χ1n) is 7.55. The van der Waals surface area contributed by atoms with E-state index in [4.69, 9.17) is 4.74 Å². The minimum Gasteiger partial charge on any atom is -0.424 e. The third kappa shape index (κ3) is 3.76. The highest BCUT2D eigenvalue weighted by molar-refractivity contribution is 6.04. The van der Waals surface area contributed by atoms with Crippen LogP contribution in [0.3, 0.4) is 0 Å². The number of hydrogen-bond donors (Lipinski definition) is 1. The molecule has 1 heterocycles. The van der Waals surface area contributed by atoms with Crippen LogP contribution in [0.15, 0.2) is 60.9 Å². The van der Waals surface area contributed by atoms with Gasteiger partial charge in [-0.15, -0.1) is 0 Å². The summed E-state index contributed by atoms with van der Waals surface area (Å²) in [4.78, 5) is 20.3. The molecule has 0 radical (unpaired) electrons. The Kier molecular flexibility index (Phi) is 4.52. The summed E-state index contributed by atoms with van der Waals surface area (Å²) in [6, 6.07) is 14.7. The average Bonchev–Trinajstić information content (AvgIpc) is 2.59. The van der Waals surface area contributed by atoms with Gasteiger partial charge in [-0.1, -0.05) is 17.7 Å². The first-order chi connectivity index (χ1) is 11.6. The molecule has 24 heavy (non-hydrogen) atoms. The van der Waals surface area contributed by atoms with Gasteiger partial charge < -0.3 is 10.1 Å². The zero-order valence-electron chi connectivity index (χ0n) is 13.5. The third-order valence-electron chi connectivity index (χ3n) is 3.50. The lowest BCUT2D eigenvalue weighted by atomic mass is 10.1. The predicted molar refractivity (Wildman–Crippen MR) is 92.4 cm³/mol. The van der Waals surface area contributed by atoms with Crippen LogP contribution < -0.4 is 10.1 Å². The fraction of sp³-hybridized carbons (Fsp3) is 0.105. The summed E-state index contributed by atoms with van der Waals surface area (Å²) in [6.07, 6.45) is 3.21. The molecular weight excluding hydrogens is 302 g/mol. The minimum atomic E-state index is -0.163. The van der Waals surface area contributed by atoms with E-state index >= 15 is 0 Å². The highest BCUT2D eigenvalue weighted by atomic mass is 16.5. The second-order valence-electron chi connectivity index (χ2n) is 5.43. The maximum absolute atomic E-state index is 12.3. The van der Waals surface area contributed by atoms with Gasteiger partial charge in [-0.25, -0.2) is 9.97 Å². The summed E-state index contributed by atoms with van der Waals surface area (Å²) < 4.78 is 5.51.